The minimum absolute atomic E-state index is 0.0599. The lowest BCUT2D eigenvalue weighted by Gasteiger charge is -2.41. The van der Waals surface area contributed by atoms with E-state index < -0.39 is 36.3 Å². The molecule has 2 heterocycles. The predicted octanol–water partition coefficient (Wildman–Crippen LogP) is 1.50. The third-order valence-corrected chi connectivity index (χ3v) is 4.57. The number of halogens is 3. The van der Waals surface area contributed by atoms with Crippen molar-refractivity contribution in [2.24, 2.45) is 5.73 Å². The number of alkyl halides is 3. The summed E-state index contributed by atoms with van der Waals surface area (Å²) in [4.78, 5) is 39.9. The Labute approximate surface area is 157 Å². The number of imide groups is 1. The molecule has 28 heavy (non-hydrogen) atoms. The van der Waals surface area contributed by atoms with Crippen molar-refractivity contribution in [2.45, 2.75) is 12.6 Å². The summed E-state index contributed by atoms with van der Waals surface area (Å²) in [5.41, 5.74) is 4.50. The first kappa shape index (κ1) is 19.7. The number of anilines is 1. The molecular formula is C17H17F3N4O4. The van der Waals surface area contributed by atoms with Crippen molar-refractivity contribution in [1.29, 1.82) is 0 Å². The average Bonchev–Trinajstić information content (AvgIpc) is 2.62. The van der Waals surface area contributed by atoms with Gasteiger partial charge in [0.25, 0.3) is 5.91 Å². The van der Waals surface area contributed by atoms with E-state index in [4.69, 9.17) is 5.73 Å². The molecule has 150 valence electrons. The SMILES string of the molecule is NC(=O)N1CCC2=C(CN(CCO)C(=O)N2c2cccc(C(F)(F)F)c2)C1=O. The maximum absolute atomic E-state index is 13.1. The van der Waals surface area contributed by atoms with Crippen LogP contribution < -0.4 is 10.6 Å². The number of aliphatic hydroxyl groups is 1. The highest BCUT2D eigenvalue weighted by Gasteiger charge is 2.41. The summed E-state index contributed by atoms with van der Waals surface area (Å²) in [7, 11) is 0. The number of urea groups is 2. The van der Waals surface area contributed by atoms with Crippen LogP contribution in [0.4, 0.5) is 28.4 Å². The molecule has 0 atom stereocenters. The fourth-order valence-corrected chi connectivity index (χ4v) is 3.27. The molecular weight excluding hydrogens is 381 g/mol. The van der Waals surface area contributed by atoms with Crippen molar-refractivity contribution in [2.75, 3.05) is 31.1 Å². The molecule has 0 aromatic heterocycles. The van der Waals surface area contributed by atoms with E-state index in [0.29, 0.717) is 0 Å². The van der Waals surface area contributed by atoms with E-state index in [1.165, 1.54) is 6.07 Å². The zero-order valence-corrected chi connectivity index (χ0v) is 14.6. The summed E-state index contributed by atoms with van der Waals surface area (Å²) in [6.07, 6.45) is -4.54. The Bertz CT molecular complexity index is 868. The van der Waals surface area contributed by atoms with E-state index in [0.717, 1.165) is 32.9 Å². The Kier molecular flexibility index (Phi) is 5.02. The minimum atomic E-state index is -4.61. The summed E-state index contributed by atoms with van der Waals surface area (Å²) in [5.74, 6) is -0.707. The fraction of sp³-hybridized carbons (Fsp3) is 0.353. The van der Waals surface area contributed by atoms with Crippen molar-refractivity contribution >= 4 is 23.7 Å². The first-order valence-corrected chi connectivity index (χ1v) is 8.35. The van der Waals surface area contributed by atoms with Gasteiger partial charge in [0.05, 0.1) is 30.0 Å². The van der Waals surface area contributed by atoms with E-state index >= 15 is 0 Å². The molecule has 0 saturated heterocycles. The number of rotatable bonds is 3. The quantitative estimate of drug-likeness (QED) is 0.805. The largest absolute Gasteiger partial charge is 0.416 e. The maximum Gasteiger partial charge on any atom is 0.416 e. The zero-order valence-electron chi connectivity index (χ0n) is 14.6. The molecule has 0 spiro atoms. The monoisotopic (exact) mass is 398 g/mol. The van der Waals surface area contributed by atoms with Gasteiger partial charge in [0.2, 0.25) is 0 Å². The normalized spacial score (nSPS) is 17.9. The van der Waals surface area contributed by atoms with Gasteiger partial charge in [-0.25, -0.2) is 9.59 Å². The van der Waals surface area contributed by atoms with Gasteiger partial charge in [-0.3, -0.25) is 14.6 Å². The van der Waals surface area contributed by atoms with Crippen molar-refractivity contribution in [3.8, 4) is 0 Å². The van der Waals surface area contributed by atoms with Crippen LogP contribution in [0.2, 0.25) is 0 Å². The summed E-state index contributed by atoms with van der Waals surface area (Å²) in [6, 6.07) is 2.57. The van der Waals surface area contributed by atoms with Gasteiger partial charge in [-0.1, -0.05) is 6.07 Å². The van der Waals surface area contributed by atoms with Gasteiger partial charge in [0.1, 0.15) is 0 Å². The summed E-state index contributed by atoms with van der Waals surface area (Å²) >= 11 is 0. The second kappa shape index (κ2) is 7.15. The van der Waals surface area contributed by atoms with Crippen molar-refractivity contribution in [1.82, 2.24) is 9.80 Å². The first-order valence-electron chi connectivity index (χ1n) is 8.35. The number of carbonyl (C=O) groups is 3. The Balaban J connectivity index is 2.11. The molecule has 1 aromatic carbocycles. The first-order chi connectivity index (χ1) is 13.1. The van der Waals surface area contributed by atoms with Crippen molar-refractivity contribution < 1.29 is 32.7 Å². The second-order valence-corrected chi connectivity index (χ2v) is 6.28. The van der Waals surface area contributed by atoms with Gasteiger partial charge in [-0.05, 0) is 18.2 Å². The van der Waals surface area contributed by atoms with Crippen LogP contribution in [0, 0.1) is 0 Å². The van der Waals surface area contributed by atoms with E-state index in [1.807, 2.05) is 0 Å². The molecule has 3 N–H and O–H groups in total. The lowest BCUT2D eigenvalue weighted by molar-refractivity contribution is -0.137. The molecule has 0 bridgehead atoms. The number of primary amides is 1. The molecule has 0 fully saturated rings. The molecule has 0 radical (unpaired) electrons. The molecule has 2 aliphatic heterocycles. The highest BCUT2D eigenvalue weighted by molar-refractivity contribution is 6.09. The van der Waals surface area contributed by atoms with Gasteiger partial charge in [0.15, 0.2) is 0 Å². The lowest BCUT2D eigenvalue weighted by atomic mass is 10.00. The maximum atomic E-state index is 13.1. The highest BCUT2D eigenvalue weighted by atomic mass is 19.4. The fourth-order valence-electron chi connectivity index (χ4n) is 3.27. The van der Waals surface area contributed by atoms with Crippen LogP contribution >= 0.6 is 0 Å². The predicted molar refractivity (Wildman–Crippen MR) is 90.9 cm³/mol. The summed E-state index contributed by atoms with van der Waals surface area (Å²) in [5, 5.41) is 9.20. The number of hydrogen-bond donors (Lipinski definition) is 2. The number of nitrogens with zero attached hydrogens (tertiary/aromatic N) is 3. The molecule has 5 amide bonds. The van der Waals surface area contributed by atoms with Gasteiger partial charge >= 0.3 is 18.2 Å². The van der Waals surface area contributed by atoms with Crippen LogP contribution in [-0.4, -0.2) is 59.1 Å². The number of β-amino-alcohol motifs (C(OH)–C–C–N with tert-alkyl or cyclic N) is 1. The Morgan fingerprint density at radius 2 is 1.96 bits per heavy atom. The van der Waals surface area contributed by atoms with E-state index in [9.17, 15) is 32.7 Å². The van der Waals surface area contributed by atoms with Crippen LogP contribution in [-0.2, 0) is 11.0 Å². The molecule has 1 aromatic rings. The Hall–Kier alpha value is -3.08. The molecule has 11 heteroatoms. The zero-order chi connectivity index (χ0) is 20.6. The van der Waals surface area contributed by atoms with Gasteiger partial charge < -0.3 is 15.7 Å². The van der Waals surface area contributed by atoms with Crippen molar-refractivity contribution in [3.05, 3.63) is 41.1 Å². The molecule has 2 aliphatic rings. The van der Waals surface area contributed by atoms with Crippen LogP contribution in [0.1, 0.15) is 12.0 Å². The third kappa shape index (κ3) is 3.40. The number of aliphatic hydroxyl groups excluding tert-OH is 1. The number of hydrogen-bond acceptors (Lipinski definition) is 4. The van der Waals surface area contributed by atoms with Gasteiger partial charge in [-0.2, -0.15) is 13.2 Å². The van der Waals surface area contributed by atoms with E-state index in [2.05, 4.69) is 0 Å². The van der Waals surface area contributed by atoms with Crippen LogP contribution in [0.25, 0.3) is 0 Å². The molecule has 0 aliphatic carbocycles. The van der Waals surface area contributed by atoms with E-state index in [-0.39, 0.29) is 43.0 Å². The number of benzene rings is 1. The van der Waals surface area contributed by atoms with Crippen LogP contribution in [0.3, 0.4) is 0 Å². The topological polar surface area (TPSA) is 107 Å². The molecule has 3 rings (SSSR count). The van der Waals surface area contributed by atoms with Crippen LogP contribution in [0.15, 0.2) is 35.5 Å². The van der Waals surface area contributed by atoms with Crippen LogP contribution in [0.5, 0.6) is 0 Å². The standard InChI is InChI=1S/C17H17F3N4O4/c18-17(19,20)10-2-1-3-11(8-10)24-13-4-5-23(15(21)27)14(26)12(13)9-22(6-7-25)16(24)28/h1-3,8,25H,4-7,9H2,(H2,21,27). The number of carbonyl (C=O) groups excluding carboxylic acids is 3. The molecule has 0 unspecified atom stereocenters. The summed E-state index contributed by atoms with van der Waals surface area (Å²) < 4.78 is 39.3. The molecule has 8 nitrogen and oxygen atoms in total. The van der Waals surface area contributed by atoms with Gasteiger partial charge in [-0.15, -0.1) is 0 Å². The number of amides is 5. The van der Waals surface area contributed by atoms with Gasteiger partial charge in [0, 0.05) is 25.2 Å². The third-order valence-electron chi connectivity index (χ3n) is 4.57. The lowest BCUT2D eigenvalue weighted by Crippen LogP contribution is -2.56. The smallest absolute Gasteiger partial charge is 0.395 e. The van der Waals surface area contributed by atoms with E-state index in [1.54, 1.807) is 0 Å². The number of nitrogens with two attached hydrogens (primary N) is 1. The molecule has 0 saturated carbocycles. The average molecular weight is 398 g/mol. The Morgan fingerprint density at radius 3 is 2.57 bits per heavy atom. The van der Waals surface area contributed by atoms with Crippen molar-refractivity contribution in [3.63, 3.8) is 0 Å². The highest BCUT2D eigenvalue weighted by Crippen LogP contribution is 2.36. The second-order valence-electron chi connectivity index (χ2n) is 6.28. The minimum Gasteiger partial charge on any atom is -0.395 e. The Morgan fingerprint density at radius 1 is 1.25 bits per heavy atom. The summed E-state index contributed by atoms with van der Waals surface area (Å²) in [6.45, 7) is -0.796.